The first kappa shape index (κ1) is 15.0. The van der Waals surface area contributed by atoms with Crippen LogP contribution in [0.15, 0.2) is 23.4 Å². The second-order valence-corrected chi connectivity index (χ2v) is 5.95. The van der Waals surface area contributed by atoms with Gasteiger partial charge in [-0.1, -0.05) is 30.2 Å². The molecule has 108 valence electrons. The van der Waals surface area contributed by atoms with Gasteiger partial charge in [-0.05, 0) is 52.2 Å². The van der Waals surface area contributed by atoms with Crippen molar-refractivity contribution in [2.45, 2.75) is 48.0 Å². The summed E-state index contributed by atoms with van der Waals surface area (Å²) in [5.74, 6) is 0. The highest BCUT2D eigenvalue weighted by atomic mass is 15.4. The number of rotatable bonds is 3. The van der Waals surface area contributed by atoms with Gasteiger partial charge in [0.25, 0.3) is 0 Å². The molecule has 0 saturated carbocycles. The molecule has 20 heavy (non-hydrogen) atoms. The number of hydrogen-bond acceptors (Lipinski definition) is 2. The Kier molecular flexibility index (Phi) is 4.42. The van der Waals surface area contributed by atoms with Crippen molar-refractivity contribution in [3.05, 3.63) is 46.8 Å². The van der Waals surface area contributed by atoms with Gasteiger partial charge in [-0.3, -0.25) is 0 Å². The van der Waals surface area contributed by atoms with Crippen LogP contribution in [0.3, 0.4) is 0 Å². The van der Waals surface area contributed by atoms with Gasteiger partial charge in [0, 0.05) is 24.5 Å². The summed E-state index contributed by atoms with van der Waals surface area (Å²) in [4.78, 5) is 4.57. The monoisotopic (exact) mass is 270 g/mol. The lowest BCUT2D eigenvalue weighted by atomic mass is 10.0. The van der Waals surface area contributed by atoms with E-state index in [9.17, 15) is 0 Å². The number of nitrogens with zero attached hydrogens (tertiary/aromatic N) is 2. The van der Waals surface area contributed by atoms with Gasteiger partial charge < -0.3 is 9.80 Å². The predicted molar refractivity (Wildman–Crippen MR) is 86.6 cm³/mol. The van der Waals surface area contributed by atoms with E-state index in [4.69, 9.17) is 0 Å². The highest BCUT2D eigenvalue weighted by Gasteiger charge is 2.25. The standard InChI is InChI=1S/C18H26N2/c1-7-17(13(2)3)19-8-9-20(12-19)18-15(5)10-14(4)11-16(18)6/h10-11H,7-9H2,1-6H3. The maximum atomic E-state index is 3.55. The van der Waals surface area contributed by atoms with Crippen molar-refractivity contribution in [1.82, 2.24) is 4.90 Å². The van der Waals surface area contributed by atoms with Crippen molar-refractivity contribution in [3.8, 4) is 0 Å². The molecule has 0 amide bonds. The fraction of sp³-hybridized carbons (Fsp3) is 0.500. The lowest BCUT2D eigenvalue weighted by Crippen LogP contribution is -2.20. The molecule has 0 bridgehead atoms. The summed E-state index contributed by atoms with van der Waals surface area (Å²) >= 11 is 0. The molecule has 1 saturated heterocycles. The molecule has 2 rings (SSSR count). The summed E-state index contributed by atoms with van der Waals surface area (Å²) in [5, 5.41) is 0. The van der Waals surface area contributed by atoms with E-state index in [1.54, 1.807) is 0 Å². The molecule has 1 fully saturated rings. The molecule has 0 atom stereocenters. The first-order valence-corrected chi connectivity index (χ1v) is 7.49. The molecule has 2 nitrogen and oxygen atoms in total. The van der Waals surface area contributed by atoms with Gasteiger partial charge in [0.05, 0.1) is 0 Å². The summed E-state index contributed by atoms with van der Waals surface area (Å²) in [6.07, 6.45) is 1.06. The molecule has 0 aromatic heterocycles. The normalized spacial score (nSPS) is 14.9. The Morgan fingerprint density at radius 2 is 1.70 bits per heavy atom. The van der Waals surface area contributed by atoms with Gasteiger partial charge in [-0.25, -0.2) is 0 Å². The molecule has 1 aliphatic rings. The first-order chi connectivity index (χ1) is 9.43. The topological polar surface area (TPSA) is 6.48 Å². The van der Waals surface area contributed by atoms with Crippen LogP contribution in [-0.4, -0.2) is 18.0 Å². The fourth-order valence-electron chi connectivity index (χ4n) is 3.22. The molecule has 2 radical (unpaired) electrons. The minimum absolute atomic E-state index is 1.02. The number of hydrogen-bond donors (Lipinski definition) is 0. The minimum Gasteiger partial charge on any atom is -0.343 e. The van der Waals surface area contributed by atoms with Gasteiger partial charge in [-0.15, -0.1) is 0 Å². The highest BCUT2D eigenvalue weighted by molar-refractivity contribution is 5.62. The summed E-state index contributed by atoms with van der Waals surface area (Å²) in [6.45, 7) is 18.7. The molecule has 2 heteroatoms. The molecule has 1 heterocycles. The van der Waals surface area contributed by atoms with Crippen LogP contribution in [-0.2, 0) is 0 Å². The van der Waals surface area contributed by atoms with Crippen LogP contribution in [0.25, 0.3) is 0 Å². The third kappa shape index (κ3) is 2.84. The maximum Gasteiger partial charge on any atom is 0.208 e. The van der Waals surface area contributed by atoms with E-state index in [0.29, 0.717) is 0 Å². The number of allylic oxidation sites excluding steroid dienone is 2. The van der Waals surface area contributed by atoms with Crippen LogP contribution in [0.4, 0.5) is 5.69 Å². The molecular formula is C18H26N2. The van der Waals surface area contributed by atoms with Crippen LogP contribution < -0.4 is 4.90 Å². The second kappa shape index (κ2) is 5.90. The zero-order valence-electron chi connectivity index (χ0n) is 13.7. The van der Waals surface area contributed by atoms with Crippen molar-refractivity contribution in [2.75, 3.05) is 18.0 Å². The lowest BCUT2D eigenvalue weighted by Gasteiger charge is -2.24. The Morgan fingerprint density at radius 3 is 2.20 bits per heavy atom. The molecule has 1 aromatic carbocycles. The molecule has 1 aromatic rings. The second-order valence-electron chi connectivity index (χ2n) is 5.95. The van der Waals surface area contributed by atoms with Gasteiger partial charge in [0.15, 0.2) is 0 Å². The number of benzene rings is 1. The molecule has 0 spiro atoms. The Morgan fingerprint density at radius 1 is 1.10 bits per heavy atom. The predicted octanol–water partition coefficient (Wildman–Crippen LogP) is 4.43. The van der Waals surface area contributed by atoms with E-state index in [2.05, 4.69) is 70.1 Å². The average molecular weight is 270 g/mol. The molecule has 1 aliphatic heterocycles. The van der Waals surface area contributed by atoms with E-state index in [1.807, 2.05) is 0 Å². The summed E-state index contributed by atoms with van der Waals surface area (Å²) in [6, 6.07) is 4.52. The van der Waals surface area contributed by atoms with Crippen molar-refractivity contribution in [2.24, 2.45) is 0 Å². The molecule has 0 unspecified atom stereocenters. The smallest absolute Gasteiger partial charge is 0.208 e. The third-order valence-corrected chi connectivity index (χ3v) is 3.93. The van der Waals surface area contributed by atoms with Gasteiger partial charge in [0.2, 0.25) is 6.67 Å². The van der Waals surface area contributed by atoms with Gasteiger partial charge in [0.1, 0.15) is 0 Å². The summed E-state index contributed by atoms with van der Waals surface area (Å²) < 4.78 is 0. The summed E-state index contributed by atoms with van der Waals surface area (Å²) in [5.41, 5.74) is 8.12. The summed E-state index contributed by atoms with van der Waals surface area (Å²) in [7, 11) is 0. The Balaban J connectivity index is 2.24. The lowest BCUT2D eigenvalue weighted by molar-refractivity contribution is 0.464. The zero-order valence-corrected chi connectivity index (χ0v) is 13.7. The first-order valence-electron chi connectivity index (χ1n) is 7.49. The Labute approximate surface area is 124 Å². The van der Waals surface area contributed by atoms with Crippen LogP contribution in [0, 0.1) is 27.4 Å². The quantitative estimate of drug-likeness (QED) is 0.801. The van der Waals surface area contributed by atoms with E-state index in [0.717, 1.165) is 19.5 Å². The van der Waals surface area contributed by atoms with Gasteiger partial charge in [-0.2, -0.15) is 0 Å². The third-order valence-electron chi connectivity index (χ3n) is 3.93. The average Bonchev–Trinajstić information content (AvgIpc) is 2.77. The Hall–Kier alpha value is -1.44. The van der Waals surface area contributed by atoms with E-state index in [1.165, 1.54) is 33.6 Å². The molecule has 0 aliphatic carbocycles. The fourth-order valence-corrected chi connectivity index (χ4v) is 3.22. The van der Waals surface area contributed by atoms with Crippen LogP contribution >= 0.6 is 0 Å². The molecule has 0 N–H and O–H groups in total. The highest BCUT2D eigenvalue weighted by Crippen LogP contribution is 2.31. The molecular weight excluding hydrogens is 244 g/mol. The van der Waals surface area contributed by atoms with E-state index in [-0.39, 0.29) is 0 Å². The zero-order chi connectivity index (χ0) is 14.9. The Bertz CT molecular complexity index is 501. The van der Waals surface area contributed by atoms with Crippen LogP contribution in [0.1, 0.15) is 43.9 Å². The van der Waals surface area contributed by atoms with Crippen molar-refractivity contribution in [3.63, 3.8) is 0 Å². The van der Waals surface area contributed by atoms with Crippen LogP contribution in [0.5, 0.6) is 0 Å². The van der Waals surface area contributed by atoms with Crippen molar-refractivity contribution in [1.29, 1.82) is 0 Å². The van der Waals surface area contributed by atoms with Crippen molar-refractivity contribution < 1.29 is 0 Å². The number of aryl methyl sites for hydroxylation is 3. The SMILES string of the molecule is CCC(=C(C)C)N1[C]N(c2c(C)cc(C)cc2C)CC1. The number of anilines is 1. The van der Waals surface area contributed by atoms with E-state index < -0.39 is 0 Å². The van der Waals surface area contributed by atoms with Gasteiger partial charge >= 0.3 is 0 Å². The largest absolute Gasteiger partial charge is 0.343 e. The van der Waals surface area contributed by atoms with Crippen molar-refractivity contribution >= 4 is 5.69 Å². The van der Waals surface area contributed by atoms with Crippen LogP contribution in [0.2, 0.25) is 0 Å². The maximum absolute atomic E-state index is 3.55. The minimum atomic E-state index is 1.02. The van der Waals surface area contributed by atoms with E-state index >= 15 is 0 Å².